The third-order valence-electron chi connectivity index (χ3n) is 2.25. The monoisotopic (exact) mass is 230 g/mol. The predicted molar refractivity (Wildman–Crippen MR) is 62.0 cm³/mol. The van der Waals surface area contributed by atoms with E-state index in [0.717, 1.165) is 32.2 Å². The lowest BCUT2D eigenvalue weighted by molar-refractivity contribution is -0.137. The van der Waals surface area contributed by atoms with E-state index in [4.69, 9.17) is 10.8 Å². The van der Waals surface area contributed by atoms with Gasteiger partial charge in [0, 0.05) is 19.4 Å². The van der Waals surface area contributed by atoms with Gasteiger partial charge in [-0.1, -0.05) is 6.42 Å². The lowest BCUT2D eigenvalue weighted by Crippen LogP contribution is -2.21. The summed E-state index contributed by atoms with van der Waals surface area (Å²) in [5.74, 6) is -0.513. The van der Waals surface area contributed by atoms with Gasteiger partial charge in [0.25, 0.3) is 0 Å². The highest BCUT2D eigenvalue weighted by molar-refractivity contribution is 5.75. The van der Waals surface area contributed by atoms with Crippen LogP contribution < -0.4 is 11.1 Å². The first-order valence-corrected chi connectivity index (χ1v) is 5.85. The summed E-state index contributed by atoms with van der Waals surface area (Å²) in [6, 6.07) is 0. The second-order valence-corrected chi connectivity index (χ2v) is 3.80. The average Bonchev–Trinajstić information content (AvgIpc) is 2.47. The summed E-state index contributed by atoms with van der Waals surface area (Å²) in [6.07, 6.45) is 5.94. The Bertz CT molecular complexity index is 197. The zero-order valence-electron chi connectivity index (χ0n) is 9.71. The number of rotatable bonds is 4. The molecule has 94 valence electrons. The van der Waals surface area contributed by atoms with Crippen molar-refractivity contribution in [2.75, 3.05) is 13.1 Å². The third-order valence-corrected chi connectivity index (χ3v) is 2.25. The summed E-state index contributed by atoms with van der Waals surface area (Å²) >= 11 is 0. The van der Waals surface area contributed by atoms with Gasteiger partial charge in [-0.3, -0.25) is 9.59 Å². The lowest BCUT2D eigenvalue weighted by atomic mass is 10.2. The van der Waals surface area contributed by atoms with E-state index in [1.807, 2.05) is 0 Å². The smallest absolute Gasteiger partial charge is 0.303 e. The number of carboxylic acid groups (broad SMARTS) is 1. The van der Waals surface area contributed by atoms with Crippen molar-refractivity contribution in [1.29, 1.82) is 0 Å². The van der Waals surface area contributed by atoms with E-state index in [0.29, 0.717) is 13.0 Å². The van der Waals surface area contributed by atoms with Crippen molar-refractivity contribution in [3.63, 3.8) is 0 Å². The highest BCUT2D eigenvalue weighted by Crippen LogP contribution is 2.02. The van der Waals surface area contributed by atoms with E-state index in [-0.39, 0.29) is 12.3 Å². The van der Waals surface area contributed by atoms with Crippen molar-refractivity contribution >= 4 is 11.9 Å². The van der Waals surface area contributed by atoms with E-state index in [9.17, 15) is 9.59 Å². The Morgan fingerprint density at radius 1 is 1.31 bits per heavy atom. The van der Waals surface area contributed by atoms with Gasteiger partial charge in [0.2, 0.25) is 5.91 Å². The Morgan fingerprint density at radius 2 is 2.06 bits per heavy atom. The third kappa shape index (κ3) is 11.0. The molecule has 4 N–H and O–H groups in total. The molecule has 0 aromatic heterocycles. The van der Waals surface area contributed by atoms with Gasteiger partial charge in [-0.05, 0) is 32.2 Å². The van der Waals surface area contributed by atoms with Crippen LogP contribution in [0.2, 0.25) is 0 Å². The van der Waals surface area contributed by atoms with Crippen molar-refractivity contribution in [3.05, 3.63) is 0 Å². The van der Waals surface area contributed by atoms with Crippen LogP contribution in [-0.4, -0.2) is 30.1 Å². The molecule has 1 aliphatic rings. The molecule has 0 unspecified atom stereocenters. The number of carbonyl (C=O) groups excluding carboxylic acids is 1. The molecule has 1 amide bonds. The van der Waals surface area contributed by atoms with Gasteiger partial charge >= 0.3 is 5.97 Å². The highest BCUT2D eigenvalue weighted by atomic mass is 16.4. The fraction of sp³-hybridized carbons (Fsp3) is 0.818. The summed E-state index contributed by atoms with van der Waals surface area (Å²) in [7, 11) is 0. The van der Waals surface area contributed by atoms with Gasteiger partial charge in [0.1, 0.15) is 0 Å². The molecule has 0 aromatic rings. The van der Waals surface area contributed by atoms with E-state index < -0.39 is 5.97 Å². The Labute approximate surface area is 96.4 Å². The van der Waals surface area contributed by atoms with Gasteiger partial charge in [0.15, 0.2) is 0 Å². The molecule has 0 bridgehead atoms. The number of hydrogen-bond donors (Lipinski definition) is 3. The van der Waals surface area contributed by atoms with Crippen molar-refractivity contribution in [2.45, 2.75) is 44.9 Å². The lowest BCUT2D eigenvalue weighted by Gasteiger charge is -1.93. The summed E-state index contributed by atoms with van der Waals surface area (Å²) in [5.41, 5.74) is 5.12. The van der Waals surface area contributed by atoms with E-state index in [1.54, 1.807) is 0 Å². The fourth-order valence-electron chi connectivity index (χ4n) is 1.32. The van der Waals surface area contributed by atoms with Gasteiger partial charge in [-0.2, -0.15) is 0 Å². The van der Waals surface area contributed by atoms with Gasteiger partial charge < -0.3 is 16.2 Å². The minimum absolute atomic E-state index is 0.225. The minimum Gasteiger partial charge on any atom is -0.481 e. The Hall–Kier alpha value is -1.10. The first-order chi connectivity index (χ1) is 7.66. The molecule has 0 aromatic carbocycles. The quantitative estimate of drug-likeness (QED) is 0.625. The molecule has 1 heterocycles. The summed E-state index contributed by atoms with van der Waals surface area (Å²) in [6.45, 7) is 1.48. The van der Waals surface area contributed by atoms with Crippen LogP contribution in [0.1, 0.15) is 44.9 Å². The first-order valence-electron chi connectivity index (χ1n) is 5.85. The molecule has 1 aliphatic heterocycles. The number of nitrogens with two attached hydrogens (primary N) is 1. The van der Waals surface area contributed by atoms with Crippen LogP contribution >= 0.6 is 0 Å². The van der Waals surface area contributed by atoms with Gasteiger partial charge in [0.05, 0.1) is 0 Å². The van der Waals surface area contributed by atoms with Crippen LogP contribution in [0.4, 0.5) is 0 Å². The Kier molecular flexibility index (Phi) is 9.70. The molecule has 0 aliphatic carbocycles. The van der Waals surface area contributed by atoms with Gasteiger partial charge in [-0.25, -0.2) is 0 Å². The molecular formula is C11H22N2O3. The van der Waals surface area contributed by atoms with Crippen LogP contribution in [0.15, 0.2) is 0 Å². The second-order valence-electron chi connectivity index (χ2n) is 3.80. The number of unbranched alkanes of at least 4 members (excludes halogenated alkanes) is 1. The molecule has 1 fully saturated rings. The summed E-state index contributed by atoms with van der Waals surface area (Å²) < 4.78 is 0. The van der Waals surface area contributed by atoms with Crippen LogP contribution in [0.3, 0.4) is 0 Å². The van der Waals surface area contributed by atoms with Crippen molar-refractivity contribution in [1.82, 2.24) is 5.32 Å². The van der Waals surface area contributed by atoms with E-state index in [2.05, 4.69) is 5.32 Å². The zero-order valence-corrected chi connectivity index (χ0v) is 9.71. The number of carbonyl (C=O) groups is 2. The fourth-order valence-corrected chi connectivity index (χ4v) is 1.32. The number of amides is 1. The maximum absolute atomic E-state index is 10.6. The van der Waals surface area contributed by atoms with E-state index >= 15 is 0 Å². The standard InChI is InChI=1S/C6H11NO.C5H11NO2/c8-6-4-2-1-3-5-7-6;6-4-2-1-3-5(7)8/h1-5H2,(H,7,8);1-4,6H2,(H,7,8). The highest BCUT2D eigenvalue weighted by Gasteiger charge is 2.03. The number of aliphatic carboxylic acids is 1. The Balaban J connectivity index is 0.000000281. The molecule has 5 nitrogen and oxygen atoms in total. The van der Waals surface area contributed by atoms with Crippen molar-refractivity contribution in [2.24, 2.45) is 5.73 Å². The summed E-state index contributed by atoms with van der Waals surface area (Å²) in [5, 5.41) is 10.9. The molecule has 0 atom stereocenters. The molecule has 5 heteroatoms. The number of nitrogens with one attached hydrogen (secondary N) is 1. The van der Waals surface area contributed by atoms with Crippen molar-refractivity contribution < 1.29 is 14.7 Å². The van der Waals surface area contributed by atoms with Crippen LogP contribution in [0.5, 0.6) is 0 Å². The topological polar surface area (TPSA) is 92.4 Å². The normalized spacial score (nSPS) is 15.4. The predicted octanol–water partition coefficient (Wildman–Crippen LogP) is 0.877. The van der Waals surface area contributed by atoms with E-state index in [1.165, 1.54) is 6.42 Å². The largest absolute Gasteiger partial charge is 0.481 e. The molecule has 0 radical (unpaired) electrons. The minimum atomic E-state index is -0.738. The van der Waals surface area contributed by atoms with Gasteiger partial charge in [-0.15, -0.1) is 0 Å². The van der Waals surface area contributed by atoms with Crippen LogP contribution in [0.25, 0.3) is 0 Å². The second kappa shape index (κ2) is 10.4. The summed E-state index contributed by atoms with van der Waals surface area (Å²) in [4.78, 5) is 20.4. The molecular weight excluding hydrogens is 208 g/mol. The maximum atomic E-state index is 10.6. The average molecular weight is 230 g/mol. The Morgan fingerprint density at radius 3 is 2.69 bits per heavy atom. The van der Waals surface area contributed by atoms with Crippen molar-refractivity contribution in [3.8, 4) is 0 Å². The number of hydrogen-bond acceptors (Lipinski definition) is 3. The molecule has 1 rings (SSSR count). The zero-order chi connectivity index (χ0) is 12.2. The molecule has 0 spiro atoms. The SMILES string of the molecule is NCCCCC(=O)O.O=C1CCCCCN1. The van der Waals surface area contributed by atoms with Crippen LogP contribution in [-0.2, 0) is 9.59 Å². The molecule has 16 heavy (non-hydrogen) atoms. The number of carboxylic acids is 1. The maximum Gasteiger partial charge on any atom is 0.303 e. The first kappa shape index (κ1) is 14.9. The van der Waals surface area contributed by atoms with Crippen LogP contribution in [0, 0.1) is 0 Å². The molecule has 1 saturated heterocycles. The molecule has 0 saturated carbocycles.